The van der Waals surface area contributed by atoms with Crippen LogP contribution in [-0.2, 0) is 13.5 Å². The molecule has 0 aliphatic heterocycles. The fourth-order valence-electron chi connectivity index (χ4n) is 1.89. The lowest BCUT2D eigenvalue weighted by Gasteiger charge is -2.05. The van der Waals surface area contributed by atoms with E-state index in [9.17, 15) is 4.79 Å². The van der Waals surface area contributed by atoms with E-state index in [2.05, 4.69) is 21.0 Å². The fourth-order valence-corrected chi connectivity index (χ4v) is 2.60. The summed E-state index contributed by atoms with van der Waals surface area (Å²) in [5, 5.41) is 4.68. The minimum Gasteiger partial charge on any atom is -0.399 e. The molecule has 4 nitrogen and oxygen atoms in total. The molecule has 0 unspecified atom stereocenters. The van der Waals surface area contributed by atoms with Crippen molar-refractivity contribution in [1.29, 1.82) is 0 Å². The van der Waals surface area contributed by atoms with Crippen LogP contribution in [0.4, 0.5) is 5.69 Å². The second kappa shape index (κ2) is 5.35. The van der Waals surface area contributed by atoms with Crippen molar-refractivity contribution in [3.8, 4) is 0 Å². The zero-order valence-corrected chi connectivity index (χ0v) is 12.9. The lowest BCUT2D eigenvalue weighted by Crippen LogP contribution is -2.06. The van der Waals surface area contributed by atoms with Crippen molar-refractivity contribution < 1.29 is 4.79 Å². The van der Waals surface area contributed by atoms with E-state index in [0.29, 0.717) is 16.4 Å². The van der Waals surface area contributed by atoms with Crippen LogP contribution in [0, 0.1) is 6.92 Å². The average Bonchev–Trinajstić information content (AvgIpc) is 2.59. The van der Waals surface area contributed by atoms with Gasteiger partial charge in [-0.25, -0.2) is 0 Å². The molecule has 0 aliphatic carbocycles. The van der Waals surface area contributed by atoms with E-state index in [1.54, 1.807) is 29.9 Å². The van der Waals surface area contributed by atoms with Gasteiger partial charge in [0.25, 0.3) is 0 Å². The van der Waals surface area contributed by atoms with Gasteiger partial charge in [0.05, 0.1) is 5.69 Å². The molecule has 2 rings (SSSR count). The molecule has 0 atom stereocenters. The highest BCUT2D eigenvalue weighted by Gasteiger charge is 2.17. The summed E-state index contributed by atoms with van der Waals surface area (Å²) in [5.74, 6) is -0.0443. The number of benzene rings is 1. The maximum atomic E-state index is 12.3. The normalized spacial score (nSPS) is 10.7. The van der Waals surface area contributed by atoms with E-state index in [1.807, 2.05) is 6.92 Å². The predicted octanol–water partition coefficient (Wildman–Crippen LogP) is 3.15. The van der Waals surface area contributed by atoms with Crippen LogP contribution in [0.25, 0.3) is 0 Å². The van der Waals surface area contributed by atoms with E-state index >= 15 is 0 Å². The Kier molecular flexibility index (Phi) is 3.96. The van der Waals surface area contributed by atoms with Gasteiger partial charge >= 0.3 is 0 Å². The number of anilines is 1. The Hall–Kier alpha value is -1.33. The molecule has 0 spiro atoms. The standard InChI is InChI=1S/C13H13BrClN3O/c1-7-9(13(15)18(2)17-7)6-12(19)10-5-8(16)3-4-11(10)14/h3-5H,6,16H2,1-2H3. The fraction of sp³-hybridized carbons (Fsp3) is 0.231. The Bertz CT molecular complexity index is 652. The molecule has 0 saturated carbocycles. The first kappa shape index (κ1) is 14.1. The van der Waals surface area contributed by atoms with Gasteiger partial charge in [0, 0.05) is 34.8 Å². The Labute approximate surface area is 124 Å². The summed E-state index contributed by atoms with van der Waals surface area (Å²) in [6.45, 7) is 1.84. The van der Waals surface area contributed by atoms with Crippen LogP contribution in [0.5, 0.6) is 0 Å². The largest absolute Gasteiger partial charge is 0.399 e. The molecule has 2 aromatic rings. The number of hydrogen-bond donors (Lipinski definition) is 1. The summed E-state index contributed by atoms with van der Waals surface area (Å²) >= 11 is 9.48. The summed E-state index contributed by atoms with van der Waals surface area (Å²) < 4.78 is 2.29. The quantitative estimate of drug-likeness (QED) is 0.688. The maximum Gasteiger partial charge on any atom is 0.168 e. The summed E-state index contributed by atoms with van der Waals surface area (Å²) in [4.78, 5) is 12.3. The smallest absolute Gasteiger partial charge is 0.168 e. The zero-order valence-electron chi connectivity index (χ0n) is 10.6. The summed E-state index contributed by atoms with van der Waals surface area (Å²) in [7, 11) is 1.75. The molecule has 0 aliphatic rings. The van der Waals surface area contributed by atoms with Crippen LogP contribution in [0.3, 0.4) is 0 Å². The van der Waals surface area contributed by atoms with E-state index in [1.165, 1.54) is 0 Å². The van der Waals surface area contributed by atoms with Gasteiger partial charge in [-0.15, -0.1) is 0 Å². The molecule has 1 aromatic heterocycles. The van der Waals surface area contributed by atoms with Crippen molar-refractivity contribution in [3.63, 3.8) is 0 Å². The van der Waals surface area contributed by atoms with Crippen molar-refractivity contribution in [1.82, 2.24) is 9.78 Å². The molecule has 6 heteroatoms. The average molecular weight is 343 g/mol. The zero-order chi connectivity index (χ0) is 14.2. The molecule has 19 heavy (non-hydrogen) atoms. The Morgan fingerprint density at radius 1 is 1.53 bits per heavy atom. The third-order valence-electron chi connectivity index (χ3n) is 2.90. The number of aromatic nitrogens is 2. The van der Waals surface area contributed by atoms with Gasteiger partial charge in [-0.1, -0.05) is 27.5 Å². The predicted molar refractivity (Wildman–Crippen MR) is 79.5 cm³/mol. The lowest BCUT2D eigenvalue weighted by atomic mass is 10.0. The molecular weight excluding hydrogens is 330 g/mol. The van der Waals surface area contributed by atoms with Gasteiger partial charge in [-0.05, 0) is 25.1 Å². The van der Waals surface area contributed by atoms with Crippen LogP contribution in [0.2, 0.25) is 5.15 Å². The van der Waals surface area contributed by atoms with Crippen molar-refractivity contribution in [2.24, 2.45) is 7.05 Å². The van der Waals surface area contributed by atoms with Crippen LogP contribution in [-0.4, -0.2) is 15.6 Å². The highest BCUT2D eigenvalue weighted by molar-refractivity contribution is 9.10. The third kappa shape index (κ3) is 2.82. The second-order valence-electron chi connectivity index (χ2n) is 4.32. The molecule has 0 fully saturated rings. The summed E-state index contributed by atoms with van der Waals surface area (Å²) in [6.07, 6.45) is 0.209. The SMILES string of the molecule is Cc1nn(C)c(Cl)c1CC(=O)c1cc(N)ccc1Br. The molecule has 0 amide bonds. The van der Waals surface area contributed by atoms with Gasteiger partial charge in [-0.3, -0.25) is 9.48 Å². The van der Waals surface area contributed by atoms with Crippen molar-refractivity contribution in [2.75, 3.05) is 5.73 Å². The van der Waals surface area contributed by atoms with E-state index in [-0.39, 0.29) is 12.2 Å². The summed E-state index contributed by atoms with van der Waals surface area (Å²) in [6, 6.07) is 5.16. The van der Waals surface area contributed by atoms with E-state index in [0.717, 1.165) is 15.7 Å². The first-order chi connectivity index (χ1) is 8.90. The maximum absolute atomic E-state index is 12.3. The van der Waals surface area contributed by atoms with E-state index in [4.69, 9.17) is 17.3 Å². The topological polar surface area (TPSA) is 60.9 Å². The lowest BCUT2D eigenvalue weighted by molar-refractivity contribution is 0.0992. The minimum absolute atomic E-state index is 0.0443. The molecule has 0 bridgehead atoms. The van der Waals surface area contributed by atoms with Crippen molar-refractivity contribution >= 4 is 39.0 Å². The molecule has 1 heterocycles. The number of Topliss-reactive ketones (excluding diaryl/α,β-unsaturated/α-hetero) is 1. The number of nitrogens with zero attached hydrogens (tertiary/aromatic N) is 2. The van der Waals surface area contributed by atoms with Gasteiger partial charge < -0.3 is 5.73 Å². The van der Waals surface area contributed by atoms with Crippen LogP contribution in [0.15, 0.2) is 22.7 Å². The first-order valence-electron chi connectivity index (χ1n) is 5.66. The van der Waals surface area contributed by atoms with Gasteiger partial charge in [-0.2, -0.15) is 5.10 Å². The Morgan fingerprint density at radius 3 is 2.79 bits per heavy atom. The number of carbonyl (C=O) groups excluding carboxylic acids is 1. The second-order valence-corrected chi connectivity index (χ2v) is 5.53. The molecule has 0 saturated heterocycles. The number of halogens is 2. The Balaban J connectivity index is 2.33. The number of nitrogens with two attached hydrogens (primary N) is 1. The number of rotatable bonds is 3. The number of aryl methyl sites for hydroxylation is 2. The number of nitrogen functional groups attached to an aromatic ring is 1. The van der Waals surface area contributed by atoms with Gasteiger partial charge in [0.2, 0.25) is 0 Å². The van der Waals surface area contributed by atoms with Crippen molar-refractivity contribution in [3.05, 3.63) is 44.6 Å². The highest BCUT2D eigenvalue weighted by atomic mass is 79.9. The highest BCUT2D eigenvalue weighted by Crippen LogP contribution is 2.24. The number of carbonyl (C=O) groups is 1. The molecule has 0 radical (unpaired) electrons. The Morgan fingerprint density at radius 2 is 2.21 bits per heavy atom. The summed E-state index contributed by atoms with van der Waals surface area (Å²) in [5.41, 5.74) is 8.34. The molecule has 1 aromatic carbocycles. The van der Waals surface area contributed by atoms with Crippen LogP contribution < -0.4 is 5.73 Å². The van der Waals surface area contributed by atoms with Gasteiger partial charge in [0.1, 0.15) is 5.15 Å². The first-order valence-corrected chi connectivity index (χ1v) is 6.83. The monoisotopic (exact) mass is 341 g/mol. The molecular formula is C13H13BrClN3O. The van der Waals surface area contributed by atoms with Crippen LogP contribution >= 0.6 is 27.5 Å². The molecule has 2 N–H and O–H groups in total. The van der Waals surface area contributed by atoms with Crippen molar-refractivity contribution in [2.45, 2.75) is 13.3 Å². The number of hydrogen-bond acceptors (Lipinski definition) is 3. The van der Waals surface area contributed by atoms with Crippen LogP contribution in [0.1, 0.15) is 21.6 Å². The third-order valence-corrected chi connectivity index (χ3v) is 4.06. The number of ketones is 1. The minimum atomic E-state index is -0.0443. The van der Waals surface area contributed by atoms with E-state index < -0.39 is 0 Å². The van der Waals surface area contributed by atoms with Gasteiger partial charge in [0.15, 0.2) is 5.78 Å². The molecule has 100 valence electrons.